The number of aromatic nitrogens is 2. The Hall–Kier alpha value is -2.65. The van der Waals surface area contributed by atoms with Crippen LogP contribution in [0.25, 0.3) is 5.65 Å². The molecule has 0 radical (unpaired) electrons. The number of imidazole rings is 1. The van der Waals surface area contributed by atoms with Crippen molar-refractivity contribution in [3.63, 3.8) is 0 Å². The van der Waals surface area contributed by atoms with Gasteiger partial charge in [0.1, 0.15) is 5.69 Å². The van der Waals surface area contributed by atoms with Crippen molar-refractivity contribution in [3.05, 3.63) is 30.2 Å². The third-order valence-corrected chi connectivity index (χ3v) is 4.30. The summed E-state index contributed by atoms with van der Waals surface area (Å²) in [5.74, 6) is 0.888. The number of nitrogens with zero attached hydrogens (tertiary/aromatic N) is 3. The van der Waals surface area contributed by atoms with Gasteiger partial charge in [-0.2, -0.15) is 10.6 Å². The van der Waals surface area contributed by atoms with E-state index in [0.717, 1.165) is 6.54 Å². The lowest BCUT2D eigenvalue weighted by Crippen LogP contribution is -2.38. The molecule has 9 nitrogen and oxygen atoms in total. The first kappa shape index (κ1) is 19.1. The van der Waals surface area contributed by atoms with E-state index >= 15 is 0 Å². The number of hydrogen-bond acceptors (Lipinski definition) is 7. The van der Waals surface area contributed by atoms with Gasteiger partial charge in [-0.05, 0) is 24.5 Å². The van der Waals surface area contributed by atoms with Gasteiger partial charge in [-0.1, -0.05) is 13.8 Å². The molecule has 4 N–H and O–H groups in total. The van der Waals surface area contributed by atoms with Crippen molar-refractivity contribution in [2.75, 3.05) is 19.7 Å². The summed E-state index contributed by atoms with van der Waals surface area (Å²) in [5.41, 5.74) is 6.75. The molecule has 0 aliphatic carbocycles. The molecule has 0 spiro atoms. The summed E-state index contributed by atoms with van der Waals surface area (Å²) in [6, 6.07) is 3.29. The summed E-state index contributed by atoms with van der Waals surface area (Å²) < 4.78 is 1.68. The highest BCUT2D eigenvalue weighted by atomic mass is 16.6. The molecule has 2 atom stereocenters. The minimum absolute atomic E-state index is 0.0989. The van der Waals surface area contributed by atoms with Crippen LogP contribution in [0.5, 0.6) is 5.75 Å². The van der Waals surface area contributed by atoms with Crippen LogP contribution in [0.4, 0.5) is 0 Å². The fourth-order valence-corrected chi connectivity index (χ4v) is 2.97. The molecular weight excluding hydrogens is 348 g/mol. The maximum absolute atomic E-state index is 12.6. The minimum Gasteiger partial charge on any atom is -0.405 e. The number of carbonyl (C=O) groups excluding carboxylic acids is 1. The fourth-order valence-electron chi connectivity index (χ4n) is 2.97. The van der Waals surface area contributed by atoms with E-state index in [2.05, 4.69) is 26.3 Å². The molecule has 1 amide bonds. The molecular formula is C18H26N6O3. The number of pyridine rings is 1. The second-order valence-electron chi connectivity index (χ2n) is 7.04. The third-order valence-electron chi connectivity index (χ3n) is 4.30. The van der Waals surface area contributed by atoms with Gasteiger partial charge in [-0.3, -0.25) is 9.20 Å². The molecule has 0 aromatic carbocycles. The molecule has 2 aromatic heterocycles. The first-order valence-electron chi connectivity index (χ1n) is 9.12. The largest absolute Gasteiger partial charge is 0.405 e. The van der Waals surface area contributed by atoms with E-state index in [4.69, 9.17) is 4.84 Å². The van der Waals surface area contributed by atoms with E-state index in [1.54, 1.807) is 22.7 Å². The summed E-state index contributed by atoms with van der Waals surface area (Å²) in [5, 5.41) is 16.3. The van der Waals surface area contributed by atoms with Crippen molar-refractivity contribution in [2.45, 2.75) is 26.3 Å². The third kappa shape index (κ3) is 4.75. The molecule has 1 aliphatic rings. The van der Waals surface area contributed by atoms with E-state index in [1.165, 1.54) is 6.20 Å². The molecule has 1 unspecified atom stereocenters. The predicted octanol–water partition coefficient (Wildman–Crippen LogP) is 0.560. The summed E-state index contributed by atoms with van der Waals surface area (Å²) in [7, 11) is 0. The standard InChI is InChI=1S/C18H26N6O3/c1-12(2)6-14(11-25)23-18(26)15-10-19-17-16(4-3-5-24(15)17)27-22-9-13-7-20-21-8-13/h3-5,7,10,12-14,21-22,25H,6,8-9,11H2,1-2H3,(H,23,26)/t13?,14-/m0/s1. The monoisotopic (exact) mass is 374 g/mol. The number of aliphatic hydroxyl groups is 1. The molecule has 0 fully saturated rings. The lowest BCUT2D eigenvalue weighted by Gasteiger charge is -2.18. The van der Waals surface area contributed by atoms with Gasteiger partial charge in [-0.15, -0.1) is 0 Å². The quantitative estimate of drug-likeness (QED) is 0.477. The predicted molar refractivity (Wildman–Crippen MR) is 102 cm³/mol. The van der Waals surface area contributed by atoms with Gasteiger partial charge in [0, 0.05) is 31.4 Å². The number of nitrogens with one attached hydrogen (secondary N) is 3. The Morgan fingerprint density at radius 1 is 1.52 bits per heavy atom. The summed E-state index contributed by atoms with van der Waals surface area (Å²) in [6.45, 7) is 5.38. The highest BCUT2D eigenvalue weighted by molar-refractivity contribution is 5.93. The average molecular weight is 374 g/mol. The second-order valence-corrected chi connectivity index (χ2v) is 7.04. The van der Waals surface area contributed by atoms with Crippen molar-refractivity contribution in [3.8, 4) is 5.75 Å². The van der Waals surface area contributed by atoms with E-state index in [9.17, 15) is 9.90 Å². The maximum atomic E-state index is 12.6. The van der Waals surface area contributed by atoms with Crippen LogP contribution in [0.1, 0.15) is 30.8 Å². The number of fused-ring (bicyclic) bond motifs is 1. The number of carbonyl (C=O) groups is 1. The SMILES string of the molecule is CC(C)C[C@@H](CO)NC(=O)c1cnc2c(ONCC3C=NNC3)cccn12. The molecule has 0 saturated heterocycles. The first-order valence-corrected chi connectivity index (χ1v) is 9.12. The van der Waals surface area contributed by atoms with Crippen molar-refractivity contribution in [1.82, 2.24) is 25.6 Å². The van der Waals surface area contributed by atoms with Gasteiger partial charge >= 0.3 is 0 Å². The van der Waals surface area contributed by atoms with E-state index in [-0.39, 0.29) is 24.5 Å². The number of hydroxylamine groups is 1. The van der Waals surface area contributed by atoms with Crippen LogP contribution >= 0.6 is 0 Å². The lowest BCUT2D eigenvalue weighted by atomic mass is 10.0. The summed E-state index contributed by atoms with van der Waals surface area (Å²) in [6.07, 6.45) is 5.81. The summed E-state index contributed by atoms with van der Waals surface area (Å²) in [4.78, 5) is 22.6. The topological polar surface area (TPSA) is 112 Å². The zero-order valence-corrected chi connectivity index (χ0v) is 15.6. The molecule has 27 heavy (non-hydrogen) atoms. The Balaban J connectivity index is 1.68. The maximum Gasteiger partial charge on any atom is 0.270 e. The smallest absolute Gasteiger partial charge is 0.270 e. The van der Waals surface area contributed by atoms with Crippen LogP contribution in [-0.4, -0.2) is 52.4 Å². The van der Waals surface area contributed by atoms with E-state index in [1.807, 2.05) is 20.1 Å². The molecule has 3 heterocycles. The Morgan fingerprint density at radius 3 is 3.07 bits per heavy atom. The lowest BCUT2D eigenvalue weighted by molar-refractivity contribution is 0.0902. The fraction of sp³-hybridized carbons (Fsp3) is 0.500. The Bertz CT molecular complexity index is 803. The Kier molecular flexibility index (Phi) is 6.25. The highest BCUT2D eigenvalue weighted by Crippen LogP contribution is 2.19. The molecule has 2 aromatic rings. The van der Waals surface area contributed by atoms with Crippen LogP contribution in [0.2, 0.25) is 0 Å². The average Bonchev–Trinajstić information content (AvgIpc) is 3.30. The van der Waals surface area contributed by atoms with Crippen LogP contribution in [0, 0.1) is 11.8 Å². The summed E-state index contributed by atoms with van der Waals surface area (Å²) >= 11 is 0. The molecule has 0 saturated carbocycles. The first-order chi connectivity index (χ1) is 13.1. The number of rotatable bonds is 9. The number of amides is 1. The Morgan fingerprint density at radius 2 is 2.37 bits per heavy atom. The van der Waals surface area contributed by atoms with Crippen LogP contribution in [0.15, 0.2) is 29.6 Å². The molecule has 3 rings (SSSR count). The van der Waals surface area contributed by atoms with Gasteiger partial charge < -0.3 is 20.7 Å². The number of hydrogen-bond donors (Lipinski definition) is 4. The van der Waals surface area contributed by atoms with Crippen LogP contribution in [-0.2, 0) is 0 Å². The number of aliphatic hydroxyl groups excluding tert-OH is 1. The normalized spacial score (nSPS) is 17.3. The molecule has 9 heteroatoms. The van der Waals surface area contributed by atoms with Crippen molar-refractivity contribution >= 4 is 17.8 Å². The Labute approximate surface area is 157 Å². The van der Waals surface area contributed by atoms with Crippen molar-refractivity contribution < 1.29 is 14.7 Å². The van der Waals surface area contributed by atoms with Crippen molar-refractivity contribution in [1.29, 1.82) is 0 Å². The van der Waals surface area contributed by atoms with Gasteiger partial charge in [0.15, 0.2) is 11.4 Å². The van der Waals surface area contributed by atoms with Gasteiger partial charge in [0.2, 0.25) is 0 Å². The molecule has 146 valence electrons. The van der Waals surface area contributed by atoms with E-state index < -0.39 is 0 Å². The number of hydrazone groups is 1. The van der Waals surface area contributed by atoms with Gasteiger partial charge in [0.25, 0.3) is 5.91 Å². The van der Waals surface area contributed by atoms with Crippen LogP contribution < -0.4 is 21.1 Å². The zero-order valence-electron chi connectivity index (χ0n) is 15.6. The van der Waals surface area contributed by atoms with Crippen LogP contribution in [0.3, 0.4) is 0 Å². The molecule has 0 bridgehead atoms. The van der Waals surface area contributed by atoms with Gasteiger partial charge in [-0.25, -0.2) is 4.98 Å². The van der Waals surface area contributed by atoms with Crippen molar-refractivity contribution in [2.24, 2.45) is 16.9 Å². The van der Waals surface area contributed by atoms with Gasteiger partial charge in [0.05, 0.1) is 18.8 Å². The second kappa shape index (κ2) is 8.83. The zero-order chi connectivity index (χ0) is 19.2. The molecule has 1 aliphatic heterocycles. The van der Waals surface area contributed by atoms with E-state index in [0.29, 0.717) is 36.0 Å². The highest BCUT2D eigenvalue weighted by Gasteiger charge is 2.19. The minimum atomic E-state index is -0.286.